The highest BCUT2D eigenvalue weighted by molar-refractivity contribution is 5.87. The molecule has 0 aromatic rings. The molecule has 0 atom stereocenters. The standard InChI is InChI=1S/C16H26N4O8/c1-2-3-12(21)17-4-5-18-13(22)8-19(9-14(23)24)6-7-20(10-15(25)26)11-16(27)28/h2-3H,4-11H2,1H3,(H,17,21)(H,18,22)(H,23,24)(H,25,26)(H,27,28)/b3-2+. The molecule has 0 fully saturated rings. The van der Waals surface area contributed by atoms with Gasteiger partial charge >= 0.3 is 17.9 Å². The van der Waals surface area contributed by atoms with E-state index in [1.807, 2.05) is 0 Å². The topological polar surface area (TPSA) is 177 Å². The molecule has 0 rings (SSSR count). The average Bonchev–Trinajstić information content (AvgIpc) is 2.55. The fourth-order valence-electron chi connectivity index (χ4n) is 2.14. The summed E-state index contributed by atoms with van der Waals surface area (Å²) >= 11 is 0. The zero-order chi connectivity index (χ0) is 21.5. The summed E-state index contributed by atoms with van der Waals surface area (Å²) in [6.45, 7) is 0.175. The van der Waals surface area contributed by atoms with Gasteiger partial charge in [-0.1, -0.05) is 6.08 Å². The molecule has 0 aromatic heterocycles. The second-order valence-corrected chi connectivity index (χ2v) is 5.74. The SMILES string of the molecule is C/C=C/C(=O)NCCNC(=O)CN(CCN(CC(=O)O)CC(=O)O)CC(=O)O. The molecule has 0 aliphatic carbocycles. The van der Waals surface area contributed by atoms with E-state index in [1.54, 1.807) is 13.0 Å². The van der Waals surface area contributed by atoms with Gasteiger partial charge in [0, 0.05) is 26.2 Å². The van der Waals surface area contributed by atoms with Crippen molar-refractivity contribution < 1.29 is 39.3 Å². The van der Waals surface area contributed by atoms with Gasteiger partial charge in [0.25, 0.3) is 0 Å². The molecule has 0 heterocycles. The van der Waals surface area contributed by atoms with Gasteiger partial charge in [-0.3, -0.25) is 33.8 Å². The third-order valence-corrected chi connectivity index (χ3v) is 3.24. The molecule has 0 bridgehead atoms. The first-order valence-corrected chi connectivity index (χ1v) is 8.41. The van der Waals surface area contributed by atoms with Crippen LogP contribution in [0, 0.1) is 0 Å². The maximum atomic E-state index is 11.9. The number of carbonyl (C=O) groups is 5. The van der Waals surface area contributed by atoms with Crippen LogP contribution in [0.2, 0.25) is 0 Å². The third-order valence-electron chi connectivity index (χ3n) is 3.24. The molecular formula is C16H26N4O8. The van der Waals surface area contributed by atoms with Crippen LogP contribution in [0.4, 0.5) is 0 Å². The van der Waals surface area contributed by atoms with Crippen LogP contribution in [0.15, 0.2) is 12.2 Å². The predicted octanol–water partition coefficient (Wildman–Crippen LogP) is -2.35. The smallest absolute Gasteiger partial charge is 0.317 e. The molecule has 0 saturated carbocycles. The number of carboxylic acids is 3. The van der Waals surface area contributed by atoms with Crippen molar-refractivity contribution in [3.05, 3.63) is 12.2 Å². The van der Waals surface area contributed by atoms with Gasteiger partial charge in [0.1, 0.15) is 0 Å². The molecule has 0 radical (unpaired) electrons. The lowest BCUT2D eigenvalue weighted by Gasteiger charge is -2.24. The number of nitrogens with zero attached hydrogens (tertiary/aromatic N) is 2. The van der Waals surface area contributed by atoms with E-state index in [0.29, 0.717) is 0 Å². The fourth-order valence-corrected chi connectivity index (χ4v) is 2.14. The number of carboxylic acid groups (broad SMARTS) is 3. The molecule has 0 aliphatic rings. The minimum Gasteiger partial charge on any atom is -0.480 e. The second kappa shape index (κ2) is 14.1. The van der Waals surface area contributed by atoms with Crippen LogP contribution in [0.1, 0.15) is 6.92 Å². The molecule has 0 unspecified atom stereocenters. The quantitative estimate of drug-likeness (QED) is 0.147. The summed E-state index contributed by atoms with van der Waals surface area (Å²) < 4.78 is 0. The minimum absolute atomic E-state index is 0.0156. The van der Waals surface area contributed by atoms with E-state index >= 15 is 0 Å². The first-order valence-electron chi connectivity index (χ1n) is 8.41. The zero-order valence-electron chi connectivity index (χ0n) is 15.6. The highest BCUT2D eigenvalue weighted by Crippen LogP contribution is 1.94. The monoisotopic (exact) mass is 402 g/mol. The van der Waals surface area contributed by atoms with E-state index < -0.39 is 43.4 Å². The Balaban J connectivity index is 4.52. The summed E-state index contributed by atoms with van der Waals surface area (Å²) in [5.41, 5.74) is 0. The Kier molecular flexibility index (Phi) is 12.6. The molecule has 0 saturated heterocycles. The summed E-state index contributed by atoms with van der Waals surface area (Å²) in [7, 11) is 0. The molecular weight excluding hydrogens is 376 g/mol. The fraction of sp³-hybridized carbons (Fsp3) is 0.562. The average molecular weight is 402 g/mol. The van der Waals surface area contributed by atoms with Gasteiger partial charge in [-0.2, -0.15) is 0 Å². The van der Waals surface area contributed by atoms with Gasteiger partial charge in [0.2, 0.25) is 11.8 Å². The predicted molar refractivity (Wildman–Crippen MR) is 96.6 cm³/mol. The Bertz CT molecular complexity index is 577. The number of aliphatic carboxylic acids is 3. The molecule has 12 nitrogen and oxygen atoms in total. The van der Waals surface area contributed by atoms with Crippen molar-refractivity contribution in [1.82, 2.24) is 20.4 Å². The van der Waals surface area contributed by atoms with Crippen molar-refractivity contribution in [3.8, 4) is 0 Å². The van der Waals surface area contributed by atoms with Crippen LogP contribution in [0.5, 0.6) is 0 Å². The summed E-state index contributed by atoms with van der Waals surface area (Å²) in [6, 6.07) is 0. The number of amides is 2. The van der Waals surface area contributed by atoms with E-state index in [-0.39, 0.29) is 38.6 Å². The Morgan fingerprint density at radius 2 is 1.18 bits per heavy atom. The molecule has 2 amide bonds. The normalized spacial score (nSPS) is 11.0. The number of rotatable bonds is 15. The highest BCUT2D eigenvalue weighted by atomic mass is 16.4. The number of hydrogen-bond donors (Lipinski definition) is 5. The van der Waals surface area contributed by atoms with E-state index in [2.05, 4.69) is 10.6 Å². The lowest BCUT2D eigenvalue weighted by Crippen LogP contribution is -2.46. The van der Waals surface area contributed by atoms with E-state index in [9.17, 15) is 24.0 Å². The number of hydrogen-bond acceptors (Lipinski definition) is 7. The van der Waals surface area contributed by atoms with Gasteiger partial charge in [-0.15, -0.1) is 0 Å². The van der Waals surface area contributed by atoms with Gasteiger partial charge < -0.3 is 26.0 Å². The van der Waals surface area contributed by atoms with E-state index in [0.717, 1.165) is 4.90 Å². The molecule has 12 heteroatoms. The summed E-state index contributed by atoms with van der Waals surface area (Å²) in [6.07, 6.45) is 2.89. The number of allylic oxidation sites excluding steroid dienone is 1. The van der Waals surface area contributed by atoms with Crippen LogP contribution in [-0.4, -0.2) is 107 Å². The summed E-state index contributed by atoms with van der Waals surface area (Å²) in [4.78, 5) is 58.1. The number of nitrogens with one attached hydrogen (secondary N) is 2. The summed E-state index contributed by atoms with van der Waals surface area (Å²) in [5.74, 6) is -4.41. The van der Waals surface area contributed by atoms with Crippen LogP contribution < -0.4 is 10.6 Å². The third kappa shape index (κ3) is 14.2. The lowest BCUT2D eigenvalue weighted by molar-refractivity contribution is -0.143. The number of carbonyl (C=O) groups excluding carboxylic acids is 2. The molecule has 0 spiro atoms. The Morgan fingerprint density at radius 1 is 0.750 bits per heavy atom. The maximum Gasteiger partial charge on any atom is 0.317 e. The van der Waals surface area contributed by atoms with Crippen molar-refractivity contribution in [2.75, 3.05) is 52.4 Å². The van der Waals surface area contributed by atoms with Crippen molar-refractivity contribution in [3.63, 3.8) is 0 Å². The van der Waals surface area contributed by atoms with E-state index in [1.165, 1.54) is 11.0 Å². The zero-order valence-corrected chi connectivity index (χ0v) is 15.6. The van der Waals surface area contributed by atoms with Crippen LogP contribution in [0.3, 0.4) is 0 Å². The molecule has 0 aromatic carbocycles. The van der Waals surface area contributed by atoms with Crippen molar-refractivity contribution in [2.24, 2.45) is 0 Å². The molecule has 0 aliphatic heterocycles. The van der Waals surface area contributed by atoms with Crippen LogP contribution >= 0.6 is 0 Å². The largest absolute Gasteiger partial charge is 0.480 e. The molecule has 5 N–H and O–H groups in total. The highest BCUT2D eigenvalue weighted by Gasteiger charge is 2.18. The van der Waals surface area contributed by atoms with Gasteiger partial charge in [-0.25, -0.2) is 0 Å². The molecule has 28 heavy (non-hydrogen) atoms. The summed E-state index contributed by atoms with van der Waals surface area (Å²) in [5, 5.41) is 31.6. The first-order chi connectivity index (χ1) is 13.1. The molecule has 158 valence electrons. The van der Waals surface area contributed by atoms with E-state index in [4.69, 9.17) is 15.3 Å². The van der Waals surface area contributed by atoms with Gasteiger partial charge in [0.15, 0.2) is 0 Å². The Morgan fingerprint density at radius 3 is 1.61 bits per heavy atom. The lowest BCUT2D eigenvalue weighted by atomic mass is 10.3. The maximum absolute atomic E-state index is 11.9. The first kappa shape index (κ1) is 25.0. The van der Waals surface area contributed by atoms with Crippen LogP contribution in [-0.2, 0) is 24.0 Å². The Labute approximate surface area is 161 Å². The van der Waals surface area contributed by atoms with Crippen LogP contribution in [0.25, 0.3) is 0 Å². The second-order valence-electron chi connectivity index (χ2n) is 5.74. The van der Waals surface area contributed by atoms with Crippen molar-refractivity contribution in [2.45, 2.75) is 6.92 Å². The van der Waals surface area contributed by atoms with Gasteiger partial charge in [-0.05, 0) is 13.0 Å². The van der Waals surface area contributed by atoms with Gasteiger partial charge in [0.05, 0.1) is 26.2 Å². The Hall–Kier alpha value is -2.99. The van der Waals surface area contributed by atoms with Crippen molar-refractivity contribution >= 4 is 29.7 Å². The minimum atomic E-state index is -1.22. The van der Waals surface area contributed by atoms with Crippen molar-refractivity contribution in [1.29, 1.82) is 0 Å².